The number of carbonyl (C=O) groups excluding carboxylic acids is 1. The zero-order valence-electron chi connectivity index (χ0n) is 13.8. The van der Waals surface area contributed by atoms with Crippen LogP contribution in [-0.2, 0) is 28.4 Å². The first-order chi connectivity index (χ1) is 12.3. The van der Waals surface area contributed by atoms with Crippen molar-refractivity contribution >= 4 is 11.9 Å². The molecular formula is C16H14F6N2O3. The minimum absolute atomic E-state index is 0.0730. The molecule has 5 nitrogen and oxygen atoms in total. The van der Waals surface area contributed by atoms with E-state index in [0.717, 1.165) is 0 Å². The van der Waals surface area contributed by atoms with E-state index in [1.165, 1.54) is 6.92 Å². The Morgan fingerprint density at radius 1 is 1.11 bits per heavy atom. The largest absolute Gasteiger partial charge is 0.480 e. The van der Waals surface area contributed by atoms with Crippen LogP contribution in [0, 0.1) is 17.2 Å². The van der Waals surface area contributed by atoms with Crippen LogP contribution in [0.4, 0.5) is 26.3 Å². The van der Waals surface area contributed by atoms with E-state index in [0.29, 0.717) is 12.1 Å². The van der Waals surface area contributed by atoms with Gasteiger partial charge in [-0.15, -0.1) is 0 Å². The summed E-state index contributed by atoms with van der Waals surface area (Å²) in [6.45, 7) is 1.36. The lowest BCUT2D eigenvalue weighted by atomic mass is 9.98. The zero-order chi connectivity index (χ0) is 21.0. The number of hydrogen-bond acceptors (Lipinski definition) is 3. The third-order valence-corrected chi connectivity index (χ3v) is 3.58. The first kappa shape index (κ1) is 22.3. The molecule has 0 bridgehead atoms. The van der Waals surface area contributed by atoms with Gasteiger partial charge in [0.05, 0.1) is 23.6 Å². The third-order valence-electron chi connectivity index (χ3n) is 3.58. The Balaban J connectivity index is 3.11. The molecule has 0 aliphatic rings. The summed E-state index contributed by atoms with van der Waals surface area (Å²) >= 11 is 0. The molecule has 0 radical (unpaired) electrons. The van der Waals surface area contributed by atoms with Gasteiger partial charge in [-0.05, 0) is 23.8 Å². The molecule has 27 heavy (non-hydrogen) atoms. The van der Waals surface area contributed by atoms with Crippen LogP contribution in [0.2, 0.25) is 0 Å². The zero-order valence-corrected chi connectivity index (χ0v) is 13.8. The molecule has 0 unspecified atom stereocenters. The van der Waals surface area contributed by atoms with Crippen molar-refractivity contribution in [2.45, 2.75) is 38.2 Å². The fourth-order valence-corrected chi connectivity index (χ4v) is 2.24. The lowest BCUT2D eigenvalue weighted by Crippen LogP contribution is -2.45. The third kappa shape index (κ3) is 6.47. The van der Waals surface area contributed by atoms with Crippen LogP contribution in [0.5, 0.6) is 0 Å². The van der Waals surface area contributed by atoms with Crippen molar-refractivity contribution in [3.63, 3.8) is 0 Å². The molecule has 0 aromatic heterocycles. The summed E-state index contributed by atoms with van der Waals surface area (Å²) in [5.74, 6) is -3.38. The van der Waals surface area contributed by atoms with Crippen molar-refractivity contribution < 1.29 is 41.0 Å². The number of benzene rings is 1. The first-order valence-corrected chi connectivity index (χ1v) is 7.43. The number of nitriles is 1. The van der Waals surface area contributed by atoms with Crippen LogP contribution in [0.3, 0.4) is 0 Å². The van der Waals surface area contributed by atoms with Crippen molar-refractivity contribution in [1.29, 1.82) is 5.26 Å². The Morgan fingerprint density at radius 3 is 1.96 bits per heavy atom. The Morgan fingerprint density at radius 2 is 1.59 bits per heavy atom. The lowest BCUT2D eigenvalue weighted by molar-refractivity contribution is -0.143. The molecule has 11 heteroatoms. The molecular weight excluding hydrogens is 382 g/mol. The quantitative estimate of drug-likeness (QED) is 0.722. The number of nitrogens with one attached hydrogen (secondary N) is 1. The Bertz CT molecular complexity index is 720. The van der Waals surface area contributed by atoms with Gasteiger partial charge in [-0.25, -0.2) is 4.79 Å². The van der Waals surface area contributed by atoms with Gasteiger partial charge in [-0.2, -0.15) is 31.6 Å². The number of rotatable bonds is 6. The monoisotopic (exact) mass is 396 g/mol. The summed E-state index contributed by atoms with van der Waals surface area (Å²) in [5, 5.41) is 19.7. The van der Waals surface area contributed by atoms with E-state index in [9.17, 15) is 35.9 Å². The lowest BCUT2D eigenvalue weighted by Gasteiger charge is -2.20. The minimum atomic E-state index is -5.06. The number of aliphatic carboxylic acids is 1. The summed E-state index contributed by atoms with van der Waals surface area (Å²) in [7, 11) is 0. The van der Waals surface area contributed by atoms with Crippen LogP contribution in [0.1, 0.15) is 30.0 Å². The Hall–Kier alpha value is -2.77. The molecule has 0 aliphatic carbocycles. The maximum absolute atomic E-state index is 12.8. The summed E-state index contributed by atoms with van der Waals surface area (Å²) in [6, 6.07) is 0.911. The van der Waals surface area contributed by atoms with E-state index < -0.39 is 59.3 Å². The molecule has 1 aromatic rings. The smallest absolute Gasteiger partial charge is 0.416 e. The molecule has 1 amide bonds. The van der Waals surface area contributed by atoms with Gasteiger partial charge in [-0.1, -0.05) is 6.92 Å². The van der Waals surface area contributed by atoms with Crippen LogP contribution in [0.25, 0.3) is 0 Å². The number of nitrogens with zero attached hydrogens (tertiary/aromatic N) is 1. The van der Waals surface area contributed by atoms with Gasteiger partial charge >= 0.3 is 18.3 Å². The number of amides is 1. The average Bonchev–Trinajstić information content (AvgIpc) is 2.50. The van der Waals surface area contributed by atoms with Gasteiger partial charge in [0.25, 0.3) is 0 Å². The van der Waals surface area contributed by atoms with Crippen molar-refractivity contribution in [2.75, 3.05) is 0 Å². The average molecular weight is 396 g/mol. The number of carboxylic acids is 1. The maximum atomic E-state index is 12.8. The Labute approximate surface area is 149 Å². The van der Waals surface area contributed by atoms with Gasteiger partial charge in [0.15, 0.2) is 0 Å². The standard InChI is InChI=1S/C16H14F6N2O3/c1-8(2-3-23)13(14(26)27)24-12(25)6-9-4-10(15(17,18)19)7-11(5-9)16(20,21)22/h4-5,7-8,13H,2,6H2,1H3,(H,24,25)(H,26,27)/t8-,13+/m0/s1. The highest BCUT2D eigenvalue weighted by atomic mass is 19.4. The van der Waals surface area contributed by atoms with Gasteiger partial charge in [-0.3, -0.25) is 4.79 Å². The minimum Gasteiger partial charge on any atom is -0.480 e. The maximum Gasteiger partial charge on any atom is 0.416 e. The van der Waals surface area contributed by atoms with E-state index in [1.807, 2.05) is 5.32 Å². The van der Waals surface area contributed by atoms with Gasteiger partial charge in [0, 0.05) is 12.3 Å². The predicted molar refractivity (Wildman–Crippen MR) is 79.1 cm³/mol. The summed E-state index contributed by atoms with van der Waals surface area (Å²) in [5.41, 5.74) is -3.73. The molecule has 0 heterocycles. The molecule has 0 saturated heterocycles. The van der Waals surface area contributed by atoms with E-state index in [-0.39, 0.29) is 12.5 Å². The van der Waals surface area contributed by atoms with E-state index in [2.05, 4.69) is 0 Å². The number of hydrogen-bond donors (Lipinski definition) is 2. The molecule has 148 valence electrons. The fourth-order valence-electron chi connectivity index (χ4n) is 2.24. The highest BCUT2D eigenvalue weighted by Gasteiger charge is 2.37. The van der Waals surface area contributed by atoms with Crippen molar-refractivity contribution in [1.82, 2.24) is 5.32 Å². The second kappa shape index (κ2) is 8.28. The second-order valence-electron chi connectivity index (χ2n) is 5.81. The number of alkyl halides is 6. The van der Waals surface area contributed by atoms with E-state index in [4.69, 9.17) is 10.4 Å². The van der Waals surface area contributed by atoms with Gasteiger partial charge in [0.1, 0.15) is 6.04 Å². The number of halogens is 6. The fraction of sp³-hybridized carbons (Fsp3) is 0.438. The van der Waals surface area contributed by atoms with E-state index >= 15 is 0 Å². The van der Waals surface area contributed by atoms with Crippen LogP contribution < -0.4 is 5.32 Å². The molecule has 0 fully saturated rings. The van der Waals surface area contributed by atoms with E-state index in [1.54, 1.807) is 6.07 Å². The van der Waals surface area contributed by atoms with Gasteiger partial charge in [0.2, 0.25) is 5.91 Å². The van der Waals surface area contributed by atoms with Crippen molar-refractivity contribution in [3.8, 4) is 6.07 Å². The van der Waals surface area contributed by atoms with Crippen LogP contribution in [-0.4, -0.2) is 23.0 Å². The van der Waals surface area contributed by atoms with Crippen molar-refractivity contribution in [3.05, 3.63) is 34.9 Å². The van der Waals surface area contributed by atoms with Crippen LogP contribution >= 0.6 is 0 Å². The summed E-state index contributed by atoms with van der Waals surface area (Å²) in [4.78, 5) is 23.1. The highest BCUT2D eigenvalue weighted by Crippen LogP contribution is 2.36. The SMILES string of the molecule is C[C@@H](CC#N)[C@@H](NC(=O)Cc1cc(C(F)(F)F)cc(C(F)(F)F)c1)C(=O)O. The van der Waals surface area contributed by atoms with Gasteiger partial charge < -0.3 is 10.4 Å². The topological polar surface area (TPSA) is 90.2 Å². The Kier molecular flexibility index (Phi) is 6.83. The number of carbonyl (C=O) groups is 2. The molecule has 0 spiro atoms. The second-order valence-corrected chi connectivity index (χ2v) is 5.81. The molecule has 0 saturated carbocycles. The first-order valence-electron chi connectivity index (χ1n) is 7.43. The summed E-state index contributed by atoms with van der Waals surface area (Å²) < 4.78 is 76.8. The molecule has 2 atom stereocenters. The molecule has 2 N–H and O–H groups in total. The number of carboxylic acid groups (broad SMARTS) is 1. The highest BCUT2D eigenvalue weighted by molar-refractivity contribution is 5.85. The normalized spacial score (nSPS) is 14.1. The molecule has 0 aliphatic heterocycles. The predicted octanol–water partition coefficient (Wildman–Crippen LogP) is 3.39. The molecule has 1 aromatic carbocycles. The molecule has 1 rings (SSSR count). The summed E-state index contributed by atoms with van der Waals surface area (Å²) in [6.07, 6.45) is -11.2. The van der Waals surface area contributed by atoms with Crippen LogP contribution in [0.15, 0.2) is 18.2 Å². The van der Waals surface area contributed by atoms with Crippen molar-refractivity contribution in [2.24, 2.45) is 5.92 Å².